The van der Waals surface area contributed by atoms with Crippen molar-refractivity contribution in [3.63, 3.8) is 0 Å². The standard InChI is InChI=1S/C24H26N4O4S/c29-24(18-7-9-20(10-8-18)33(30,31)28-13-3-4-14-28)27-15-11-19(12-16-27)32-23-17-25-21-5-1-2-6-22(21)26-23/h1-2,5-10,17,19H,3-4,11-16H2. The van der Waals surface area contributed by atoms with Gasteiger partial charge in [0.15, 0.2) is 0 Å². The van der Waals surface area contributed by atoms with E-state index in [0.29, 0.717) is 50.5 Å². The minimum atomic E-state index is -3.48. The lowest BCUT2D eigenvalue weighted by Crippen LogP contribution is -2.41. The molecular formula is C24H26N4O4S. The molecule has 5 rings (SSSR count). The van der Waals surface area contributed by atoms with E-state index < -0.39 is 10.0 Å². The number of hydrogen-bond acceptors (Lipinski definition) is 6. The van der Waals surface area contributed by atoms with Crippen molar-refractivity contribution in [1.82, 2.24) is 19.2 Å². The summed E-state index contributed by atoms with van der Waals surface area (Å²) in [6.45, 7) is 2.26. The number of para-hydroxylation sites is 2. The first-order valence-electron chi connectivity index (χ1n) is 11.3. The number of likely N-dealkylation sites (tertiary alicyclic amines) is 1. The lowest BCUT2D eigenvalue weighted by molar-refractivity contribution is 0.0587. The van der Waals surface area contributed by atoms with Crippen molar-refractivity contribution in [2.75, 3.05) is 26.2 Å². The Bertz CT molecular complexity index is 1250. The van der Waals surface area contributed by atoms with Gasteiger partial charge >= 0.3 is 0 Å². The highest BCUT2D eigenvalue weighted by Gasteiger charge is 2.28. The molecule has 0 spiro atoms. The molecule has 2 aliphatic rings. The molecule has 2 aliphatic heterocycles. The van der Waals surface area contributed by atoms with Gasteiger partial charge in [0, 0.05) is 44.6 Å². The first-order chi connectivity index (χ1) is 16.0. The highest BCUT2D eigenvalue weighted by atomic mass is 32.2. The van der Waals surface area contributed by atoms with Gasteiger partial charge in [-0.1, -0.05) is 12.1 Å². The zero-order valence-electron chi connectivity index (χ0n) is 18.3. The largest absolute Gasteiger partial charge is 0.473 e. The van der Waals surface area contributed by atoms with Crippen LogP contribution in [0.3, 0.4) is 0 Å². The summed E-state index contributed by atoms with van der Waals surface area (Å²) >= 11 is 0. The van der Waals surface area contributed by atoms with Crippen molar-refractivity contribution in [1.29, 1.82) is 0 Å². The van der Waals surface area contributed by atoms with Crippen LogP contribution in [0.25, 0.3) is 11.0 Å². The number of sulfonamides is 1. The summed E-state index contributed by atoms with van der Waals surface area (Å²) in [7, 11) is -3.48. The number of carbonyl (C=O) groups excluding carboxylic acids is 1. The van der Waals surface area contributed by atoms with Crippen LogP contribution in [0.5, 0.6) is 5.88 Å². The van der Waals surface area contributed by atoms with Crippen molar-refractivity contribution >= 4 is 27.0 Å². The number of rotatable bonds is 5. The topological polar surface area (TPSA) is 92.7 Å². The predicted octanol–water partition coefficient (Wildman–Crippen LogP) is 3.10. The zero-order valence-corrected chi connectivity index (χ0v) is 19.1. The third-order valence-electron chi connectivity index (χ3n) is 6.25. The Morgan fingerprint density at radius 1 is 0.909 bits per heavy atom. The van der Waals surface area contributed by atoms with Crippen molar-refractivity contribution < 1.29 is 17.9 Å². The molecule has 9 heteroatoms. The summed E-state index contributed by atoms with van der Waals surface area (Å²) in [6, 6.07) is 13.9. The molecule has 2 aromatic carbocycles. The van der Waals surface area contributed by atoms with Crippen LogP contribution in [0.15, 0.2) is 59.6 Å². The van der Waals surface area contributed by atoms with Crippen LogP contribution in [0.4, 0.5) is 0 Å². The van der Waals surface area contributed by atoms with Crippen LogP contribution in [-0.4, -0.2) is 65.8 Å². The van der Waals surface area contributed by atoms with E-state index in [4.69, 9.17) is 4.74 Å². The van der Waals surface area contributed by atoms with Gasteiger partial charge in [0.25, 0.3) is 5.91 Å². The fraction of sp³-hybridized carbons (Fsp3) is 0.375. The Hall–Kier alpha value is -3.04. The lowest BCUT2D eigenvalue weighted by atomic mass is 10.1. The molecule has 0 atom stereocenters. The van der Waals surface area contributed by atoms with E-state index in [9.17, 15) is 13.2 Å². The van der Waals surface area contributed by atoms with E-state index in [2.05, 4.69) is 9.97 Å². The molecule has 33 heavy (non-hydrogen) atoms. The van der Waals surface area contributed by atoms with E-state index in [1.807, 2.05) is 24.3 Å². The number of carbonyl (C=O) groups is 1. The number of fused-ring (bicyclic) bond motifs is 1. The maximum absolute atomic E-state index is 12.9. The SMILES string of the molecule is O=C(c1ccc(S(=O)(=O)N2CCCC2)cc1)N1CCC(Oc2cnc3ccccc3n2)CC1. The van der Waals surface area contributed by atoms with Crippen LogP contribution in [0, 0.1) is 0 Å². The minimum absolute atomic E-state index is 0.0301. The smallest absolute Gasteiger partial charge is 0.253 e. The molecule has 172 valence electrons. The summed E-state index contributed by atoms with van der Waals surface area (Å²) in [6.07, 6.45) is 4.78. The maximum Gasteiger partial charge on any atom is 0.253 e. The van der Waals surface area contributed by atoms with Crippen LogP contribution in [0.2, 0.25) is 0 Å². The predicted molar refractivity (Wildman–Crippen MR) is 124 cm³/mol. The van der Waals surface area contributed by atoms with E-state index in [-0.39, 0.29) is 16.9 Å². The molecule has 8 nitrogen and oxygen atoms in total. The average Bonchev–Trinajstić information content (AvgIpc) is 3.40. The number of piperidine rings is 1. The van der Waals surface area contributed by atoms with E-state index >= 15 is 0 Å². The third-order valence-corrected chi connectivity index (χ3v) is 8.16. The first-order valence-corrected chi connectivity index (χ1v) is 12.7. The van der Waals surface area contributed by atoms with E-state index in [1.54, 1.807) is 23.2 Å². The molecule has 0 bridgehead atoms. The fourth-order valence-corrected chi connectivity index (χ4v) is 5.89. The van der Waals surface area contributed by atoms with Gasteiger partial charge in [-0.3, -0.25) is 4.79 Å². The maximum atomic E-state index is 12.9. The molecule has 2 fully saturated rings. The lowest BCUT2D eigenvalue weighted by Gasteiger charge is -2.32. The van der Waals surface area contributed by atoms with Gasteiger partial charge in [0.1, 0.15) is 6.10 Å². The Morgan fingerprint density at radius 3 is 2.27 bits per heavy atom. The number of ether oxygens (including phenoxy) is 1. The fourth-order valence-electron chi connectivity index (χ4n) is 4.37. The quantitative estimate of drug-likeness (QED) is 0.574. The van der Waals surface area contributed by atoms with Crippen LogP contribution in [0.1, 0.15) is 36.0 Å². The molecule has 0 N–H and O–H groups in total. The van der Waals surface area contributed by atoms with Crippen LogP contribution in [-0.2, 0) is 10.0 Å². The molecule has 1 aromatic heterocycles. The summed E-state index contributed by atoms with van der Waals surface area (Å²) in [5, 5.41) is 0. The number of aromatic nitrogens is 2. The van der Waals surface area contributed by atoms with Gasteiger partial charge in [0.05, 0.1) is 22.1 Å². The Balaban J connectivity index is 1.18. The van der Waals surface area contributed by atoms with Gasteiger partial charge in [-0.05, 0) is 49.2 Å². The first kappa shape index (κ1) is 21.8. The molecule has 1 amide bonds. The Labute approximate surface area is 193 Å². The molecule has 0 aliphatic carbocycles. The summed E-state index contributed by atoms with van der Waals surface area (Å²) < 4.78 is 32.9. The summed E-state index contributed by atoms with van der Waals surface area (Å²) in [5.74, 6) is 0.400. The number of hydrogen-bond donors (Lipinski definition) is 0. The highest BCUT2D eigenvalue weighted by Crippen LogP contribution is 2.23. The van der Waals surface area contributed by atoms with Gasteiger partial charge < -0.3 is 9.64 Å². The van der Waals surface area contributed by atoms with Crippen LogP contribution < -0.4 is 4.74 Å². The second-order valence-electron chi connectivity index (χ2n) is 8.44. The molecule has 0 radical (unpaired) electrons. The third kappa shape index (κ3) is 4.56. The highest BCUT2D eigenvalue weighted by molar-refractivity contribution is 7.89. The second kappa shape index (κ2) is 9.07. The average molecular weight is 467 g/mol. The molecule has 0 saturated carbocycles. The molecule has 0 unspecified atom stereocenters. The molecular weight excluding hydrogens is 440 g/mol. The number of nitrogens with zero attached hydrogens (tertiary/aromatic N) is 4. The van der Waals surface area contributed by atoms with Crippen LogP contribution >= 0.6 is 0 Å². The van der Waals surface area contributed by atoms with Gasteiger partial charge in [-0.2, -0.15) is 4.31 Å². The number of amides is 1. The van der Waals surface area contributed by atoms with E-state index in [1.165, 1.54) is 16.4 Å². The van der Waals surface area contributed by atoms with Crippen molar-refractivity contribution in [2.24, 2.45) is 0 Å². The molecule has 3 heterocycles. The monoisotopic (exact) mass is 466 g/mol. The van der Waals surface area contributed by atoms with Gasteiger partial charge in [-0.25, -0.2) is 18.4 Å². The summed E-state index contributed by atoms with van der Waals surface area (Å²) in [5.41, 5.74) is 2.11. The number of benzene rings is 2. The second-order valence-corrected chi connectivity index (χ2v) is 10.4. The van der Waals surface area contributed by atoms with Gasteiger partial charge in [0.2, 0.25) is 15.9 Å². The zero-order chi connectivity index (χ0) is 22.8. The summed E-state index contributed by atoms with van der Waals surface area (Å²) in [4.78, 5) is 23.8. The Kier molecular flexibility index (Phi) is 5.99. The van der Waals surface area contributed by atoms with Gasteiger partial charge in [-0.15, -0.1) is 0 Å². The van der Waals surface area contributed by atoms with Crippen molar-refractivity contribution in [3.8, 4) is 5.88 Å². The minimum Gasteiger partial charge on any atom is -0.473 e. The van der Waals surface area contributed by atoms with Crippen molar-refractivity contribution in [3.05, 3.63) is 60.3 Å². The Morgan fingerprint density at radius 2 is 1.58 bits per heavy atom. The normalized spacial score (nSPS) is 18.0. The van der Waals surface area contributed by atoms with Crippen molar-refractivity contribution in [2.45, 2.75) is 36.7 Å². The van der Waals surface area contributed by atoms with E-state index in [0.717, 1.165) is 23.9 Å². The molecule has 2 saturated heterocycles. The molecule has 3 aromatic rings.